The summed E-state index contributed by atoms with van der Waals surface area (Å²) in [6.07, 6.45) is 1.66. The molecule has 146 valence electrons. The Morgan fingerprint density at radius 3 is 2.64 bits per heavy atom. The van der Waals surface area contributed by atoms with Gasteiger partial charge in [-0.3, -0.25) is 14.8 Å². The molecule has 0 bridgehead atoms. The van der Waals surface area contributed by atoms with Gasteiger partial charge in [0.1, 0.15) is 0 Å². The van der Waals surface area contributed by atoms with Gasteiger partial charge >= 0.3 is 0 Å². The molecule has 0 amide bonds. The average molecular weight is 425 g/mol. The van der Waals surface area contributed by atoms with Gasteiger partial charge in [0.2, 0.25) is 0 Å². The summed E-state index contributed by atoms with van der Waals surface area (Å²) in [6, 6.07) is 7.27. The van der Waals surface area contributed by atoms with Crippen molar-refractivity contribution in [2.75, 3.05) is 4.72 Å². The van der Waals surface area contributed by atoms with Crippen molar-refractivity contribution in [1.82, 2.24) is 4.98 Å². The van der Waals surface area contributed by atoms with Crippen LogP contribution >= 0.6 is 11.3 Å². The molecule has 1 heterocycles. The number of halogens is 2. The van der Waals surface area contributed by atoms with E-state index in [1.807, 2.05) is 0 Å². The summed E-state index contributed by atoms with van der Waals surface area (Å²) in [5.41, 5.74) is 0.214. The van der Waals surface area contributed by atoms with Crippen molar-refractivity contribution in [3.8, 4) is 0 Å². The third kappa shape index (κ3) is 4.15. The highest BCUT2D eigenvalue weighted by atomic mass is 32.2. The lowest BCUT2D eigenvalue weighted by Crippen LogP contribution is -2.14. The van der Waals surface area contributed by atoms with Gasteiger partial charge in [-0.2, -0.15) is 0 Å². The van der Waals surface area contributed by atoms with Crippen molar-refractivity contribution in [3.63, 3.8) is 0 Å². The van der Waals surface area contributed by atoms with Crippen LogP contribution in [0.5, 0.6) is 0 Å². The highest BCUT2D eigenvalue weighted by molar-refractivity contribution is 7.93. The molecule has 0 fully saturated rings. The maximum absolute atomic E-state index is 13.3. The van der Waals surface area contributed by atoms with Gasteiger partial charge in [0.05, 0.1) is 9.82 Å². The van der Waals surface area contributed by atoms with Crippen LogP contribution in [-0.2, 0) is 16.4 Å². The first-order valence-electron chi connectivity index (χ1n) is 7.83. The zero-order valence-electron chi connectivity index (χ0n) is 14.3. The number of nitro benzene ring substituents is 1. The first-order chi connectivity index (χ1) is 13.2. The maximum Gasteiger partial charge on any atom is 0.273 e. The molecular weight excluding hydrogens is 412 g/mol. The molecule has 2 aromatic carbocycles. The summed E-state index contributed by atoms with van der Waals surface area (Å²) in [4.78, 5) is 14.7. The number of hydrogen-bond acceptors (Lipinski definition) is 6. The van der Waals surface area contributed by atoms with Crippen LogP contribution in [0, 0.1) is 28.7 Å². The lowest BCUT2D eigenvalue weighted by atomic mass is 10.1. The van der Waals surface area contributed by atoms with Crippen molar-refractivity contribution < 1.29 is 22.1 Å². The Labute approximate surface area is 162 Å². The van der Waals surface area contributed by atoms with Gasteiger partial charge in [-0.25, -0.2) is 22.2 Å². The number of nitrogens with zero attached hydrogens (tertiary/aromatic N) is 2. The van der Waals surface area contributed by atoms with E-state index >= 15 is 0 Å². The van der Waals surface area contributed by atoms with Gasteiger partial charge in [-0.05, 0) is 30.7 Å². The van der Waals surface area contributed by atoms with E-state index in [1.165, 1.54) is 37.4 Å². The Morgan fingerprint density at radius 2 is 1.96 bits per heavy atom. The Hall–Kier alpha value is -2.92. The summed E-state index contributed by atoms with van der Waals surface area (Å²) in [6.45, 7) is 1.35. The maximum atomic E-state index is 13.3. The fraction of sp³-hybridized carbons (Fsp3) is 0.118. The van der Waals surface area contributed by atoms with Crippen LogP contribution in [0.3, 0.4) is 0 Å². The summed E-state index contributed by atoms with van der Waals surface area (Å²) in [5, 5.41) is 11.1. The second-order valence-corrected chi connectivity index (χ2v) is 8.59. The minimum Gasteiger partial charge on any atom is -0.258 e. The summed E-state index contributed by atoms with van der Waals surface area (Å²) in [5.74, 6) is -1.92. The fourth-order valence-electron chi connectivity index (χ4n) is 2.55. The van der Waals surface area contributed by atoms with Gasteiger partial charge < -0.3 is 0 Å². The van der Waals surface area contributed by atoms with E-state index in [1.54, 1.807) is 0 Å². The van der Waals surface area contributed by atoms with E-state index in [0.29, 0.717) is 10.4 Å². The molecule has 0 unspecified atom stereocenters. The van der Waals surface area contributed by atoms with Crippen LogP contribution in [-0.4, -0.2) is 18.3 Å². The number of aromatic nitrogens is 1. The molecule has 0 aliphatic heterocycles. The van der Waals surface area contributed by atoms with Gasteiger partial charge in [0.15, 0.2) is 16.8 Å². The molecular formula is C17H13F2N3O4S2. The first-order valence-corrected chi connectivity index (χ1v) is 10.1. The van der Waals surface area contributed by atoms with Crippen molar-refractivity contribution >= 4 is 32.2 Å². The highest BCUT2D eigenvalue weighted by Crippen LogP contribution is 2.28. The molecule has 0 saturated heterocycles. The van der Waals surface area contributed by atoms with Gasteiger partial charge in [-0.15, -0.1) is 11.3 Å². The molecule has 3 rings (SSSR count). The number of benzene rings is 2. The number of anilines is 1. The Kier molecular flexibility index (Phi) is 5.38. The molecule has 0 saturated carbocycles. The Morgan fingerprint density at radius 1 is 1.21 bits per heavy atom. The lowest BCUT2D eigenvalue weighted by Gasteiger charge is -2.08. The average Bonchev–Trinajstić information content (AvgIpc) is 3.04. The SMILES string of the molecule is Cc1c([N+](=O)[O-])cccc1S(=O)(=O)Nc1ncc(Cc2ccc(F)c(F)c2)s1. The molecule has 0 spiro atoms. The Bertz CT molecular complexity index is 1160. The van der Waals surface area contributed by atoms with Crippen LogP contribution in [0.2, 0.25) is 0 Å². The van der Waals surface area contributed by atoms with E-state index in [4.69, 9.17) is 0 Å². The van der Waals surface area contributed by atoms with Crippen LogP contribution in [0.1, 0.15) is 16.0 Å². The molecule has 1 aromatic heterocycles. The predicted molar refractivity (Wildman–Crippen MR) is 99.9 cm³/mol. The molecule has 11 heteroatoms. The molecule has 0 atom stereocenters. The molecule has 0 radical (unpaired) electrons. The second kappa shape index (κ2) is 7.60. The summed E-state index contributed by atoms with van der Waals surface area (Å²) >= 11 is 1.02. The van der Waals surface area contributed by atoms with E-state index < -0.39 is 26.6 Å². The minimum absolute atomic E-state index is 0.0126. The van der Waals surface area contributed by atoms with Crippen molar-refractivity contribution in [3.05, 3.63) is 80.3 Å². The van der Waals surface area contributed by atoms with Crippen molar-refractivity contribution in [2.24, 2.45) is 0 Å². The molecule has 3 aromatic rings. The van der Waals surface area contributed by atoms with E-state index in [-0.39, 0.29) is 27.7 Å². The minimum atomic E-state index is -4.09. The van der Waals surface area contributed by atoms with Crippen molar-refractivity contribution in [1.29, 1.82) is 0 Å². The highest BCUT2D eigenvalue weighted by Gasteiger charge is 2.24. The number of nitro groups is 1. The number of hydrogen-bond donors (Lipinski definition) is 1. The lowest BCUT2D eigenvalue weighted by molar-refractivity contribution is -0.385. The smallest absolute Gasteiger partial charge is 0.258 e. The Balaban J connectivity index is 1.82. The second-order valence-electron chi connectivity index (χ2n) is 5.82. The molecule has 28 heavy (non-hydrogen) atoms. The normalized spacial score (nSPS) is 11.4. The van der Waals surface area contributed by atoms with Gasteiger partial charge in [0.25, 0.3) is 15.7 Å². The topological polar surface area (TPSA) is 102 Å². The number of sulfonamides is 1. The van der Waals surface area contributed by atoms with Gasteiger partial charge in [0, 0.05) is 29.1 Å². The molecule has 0 aliphatic carbocycles. The fourth-order valence-corrected chi connectivity index (χ4v) is 4.90. The summed E-state index contributed by atoms with van der Waals surface area (Å²) in [7, 11) is -4.09. The van der Waals surface area contributed by atoms with E-state index in [9.17, 15) is 27.3 Å². The standard InChI is InChI=1S/C17H13F2N3O4S2/c1-10-15(22(23)24)3-2-4-16(10)28(25,26)21-17-20-9-12(27-17)7-11-5-6-13(18)14(19)8-11/h2-6,8-9H,7H2,1H3,(H,20,21). The number of nitrogens with one attached hydrogen (secondary N) is 1. The number of thiazole rings is 1. The molecule has 0 aliphatic rings. The first kappa shape index (κ1) is 19.8. The monoisotopic (exact) mass is 425 g/mol. The van der Waals surface area contributed by atoms with Crippen molar-refractivity contribution in [2.45, 2.75) is 18.2 Å². The molecule has 7 nitrogen and oxygen atoms in total. The quantitative estimate of drug-likeness (QED) is 0.475. The zero-order valence-corrected chi connectivity index (χ0v) is 16.0. The van der Waals surface area contributed by atoms with Crippen LogP contribution in [0.4, 0.5) is 19.6 Å². The van der Waals surface area contributed by atoms with Crippen LogP contribution in [0.15, 0.2) is 47.5 Å². The largest absolute Gasteiger partial charge is 0.273 e. The van der Waals surface area contributed by atoms with Gasteiger partial charge in [-0.1, -0.05) is 12.1 Å². The van der Waals surface area contributed by atoms with E-state index in [2.05, 4.69) is 9.71 Å². The summed E-state index contributed by atoms with van der Waals surface area (Å²) < 4.78 is 53.8. The third-order valence-electron chi connectivity index (χ3n) is 3.88. The molecule has 1 N–H and O–H groups in total. The zero-order chi connectivity index (χ0) is 20.5. The number of rotatable bonds is 6. The third-order valence-corrected chi connectivity index (χ3v) is 6.40. The predicted octanol–water partition coefficient (Wildman–Crippen LogP) is 4.03. The van der Waals surface area contributed by atoms with Crippen LogP contribution < -0.4 is 4.72 Å². The van der Waals surface area contributed by atoms with E-state index in [0.717, 1.165) is 23.5 Å². The van der Waals surface area contributed by atoms with Crippen LogP contribution in [0.25, 0.3) is 0 Å².